The number of hydrogen-bond donors (Lipinski definition) is 1. The van der Waals surface area contributed by atoms with Gasteiger partial charge in [-0.25, -0.2) is 9.37 Å². The van der Waals surface area contributed by atoms with Crippen LogP contribution in [0.25, 0.3) is 0 Å². The molecule has 1 fully saturated rings. The van der Waals surface area contributed by atoms with Crippen LogP contribution in [0.2, 0.25) is 0 Å². The summed E-state index contributed by atoms with van der Waals surface area (Å²) in [5.41, 5.74) is 6.07. The second-order valence-corrected chi connectivity index (χ2v) is 5.35. The van der Waals surface area contributed by atoms with E-state index in [0.717, 1.165) is 12.8 Å². The maximum absolute atomic E-state index is 14.2. The van der Waals surface area contributed by atoms with E-state index in [-0.39, 0.29) is 12.4 Å². The van der Waals surface area contributed by atoms with E-state index in [2.05, 4.69) is 11.9 Å². The molecule has 1 heterocycles. The summed E-state index contributed by atoms with van der Waals surface area (Å²) in [6, 6.07) is 2.04. The van der Waals surface area contributed by atoms with Gasteiger partial charge in [-0.2, -0.15) is 0 Å². The zero-order chi connectivity index (χ0) is 13.1. The first-order valence-electron chi connectivity index (χ1n) is 6.69. The molecule has 2 N–H and O–H groups in total. The summed E-state index contributed by atoms with van der Waals surface area (Å²) in [4.78, 5) is 6.17. The second-order valence-electron chi connectivity index (χ2n) is 5.35. The Balaban J connectivity index is 2.20. The van der Waals surface area contributed by atoms with Crippen LogP contribution >= 0.6 is 0 Å². The smallest absolute Gasteiger partial charge is 0.170 e. The quantitative estimate of drug-likeness (QED) is 0.898. The Morgan fingerprint density at radius 3 is 2.94 bits per heavy atom. The standard InChI is InChI=1S/C14H22FN3/c1-10-4-3-5-12(8-10)18(2)14-13(15)11(9-16)6-7-17-14/h6-7,10,12H,3-5,8-9,16H2,1-2H3. The lowest BCUT2D eigenvalue weighted by Gasteiger charge is -2.35. The lowest BCUT2D eigenvalue weighted by atomic mass is 9.86. The average molecular weight is 251 g/mol. The normalized spacial score (nSPS) is 24.0. The van der Waals surface area contributed by atoms with Gasteiger partial charge >= 0.3 is 0 Å². The van der Waals surface area contributed by atoms with Crippen molar-refractivity contribution in [1.82, 2.24) is 4.98 Å². The fourth-order valence-corrected chi connectivity index (χ4v) is 2.80. The Bertz CT molecular complexity index is 408. The minimum atomic E-state index is -0.263. The van der Waals surface area contributed by atoms with Gasteiger partial charge in [0.15, 0.2) is 11.6 Å². The van der Waals surface area contributed by atoms with Crippen molar-refractivity contribution >= 4 is 5.82 Å². The summed E-state index contributed by atoms with van der Waals surface area (Å²) in [6.07, 6.45) is 6.38. The zero-order valence-corrected chi connectivity index (χ0v) is 11.2. The molecule has 18 heavy (non-hydrogen) atoms. The SMILES string of the molecule is CC1CCCC(N(C)c2nccc(CN)c2F)C1. The van der Waals surface area contributed by atoms with Crippen LogP contribution < -0.4 is 10.6 Å². The van der Waals surface area contributed by atoms with Crippen molar-refractivity contribution in [3.8, 4) is 0 Å². The topological polar surface area (TPSA) is 42.2 Å². The van der Waals surface area contributed by atoms with Gasteiger partial charge in [0.2, 0.25) is 0 Å². The van der Waals surface area contributed by atoms with Crippen molar-refractivity contribution < 1.29 is 4.39 Å². The molecule has 4 heteroatoms. The van der Waals surface area contributed by atoms with Crippen molar-refractivity contribution in [2.45, 2.75) is 45.2 Å². The van der Waals surface area contributed by atoms with Gasteiger partial charge in [0, 0.05) is 31.4 Å². The van der Waals surface area contributed by atoms with Gasteiger partial charge in [0.1, 0.15) is 0 Å². The Kier molecular flexibility index (Phi) is 4.17. The van der Waals surface area contributed by atoms with E-state index in [0.29, 0.717) is 23.3 Å². The first-order chi connectivity index (χ1) is 8.63. The molecule has 1 saturated carbocycles. The monoisotopic (exact) mass is 251 g/mol. The number of rotatable bonds is 3. The lowest BCUT2D eigenvalue weighted by molar-refractivity contribution is 0.334. The van der Waals surface area contributed by atoms with E-state index in [4.69, 9.17) is 5.73 Å². The van der Waals surface area contributed by atoms with Gasteiger partial charge < -0.3 is 10.6 Å². The molecule has 1 aliphatic carbocycles. The first-order valence-corrected chi connectivity index (χ1v) is 6.69. The molecule has 2 unspecified atom stereocenters. The molecule has 0 aromatic carbocycles. The largest absolute Gasteiger partial charge is 0.354 e. The highest BCUT2D eigenvalue weighted by Crippen LogP contribution is 2.30. The Labute approximate surface area is 108 Å². The third kappa shape index (κ3) is 2.64. The van der Waals surface area contributed by atoms with E-state index in [1.54, 1.807) is 12.3 Å². The summed E-state index contributed by atoms with van der Waals surface area (Å²) in [6.45, 7) is 2.48. The fraction of sp³-hybridized carbons (Fsp3) is 0.643. The van der Waals surface area contributed by atoms with Gasteiger partial charge in [-0.05, 0) is 24.8 Å². The van der Waals surface area contributed by atoms with E-state index in [1.165, 1.54) is 12.8 Å². The summed E-state index contributed by atoms with van der Waals surface area (Å²) >= 11 is 0. The number of pyridine rings is 1. The highest BCUT2D eigenvalue weighted by Gasteiger charge is 2.25. The molecule has 0 saturated heterocycles. The van der Waals surface area contributed by atoms with Gasteiger partial charge in [0.25, 0.3) is 0 Å². The molecule has 2 atom stereocenters. The van der Waals surface area contributed by atoms with Crippen LogP contribution in [0.4, 0.5) is 10.2 Å². The maximum Gasteiger partial charge on any atom is 0.170 e. The van der Waals surface area contributed by atoms with E-state index in [9.17, 15) is 4.39 Å². The van der Waals surface area contributed by atoms with E-state index >= 15 is 0 Å². The van der Waals surface area contributed by atoms with Crippen LogP contribution in [-0.4, -0.2) is 18.1 Å². The van der Waals surface area contributed by atoms with Crippen LogP contribution in [-0.2, 0) is 6.54 Å². The predicted molar refractivity (Wildman–Crippen MR) is 71.9 cm³/mol. The molecule has 2 rings (SSSR count). The predicted octanol–water partition coefficient (Wildman–Crippen LogP) is 2.69. The number of nitrogens with two attached hydrogens (primary N) is 1. The lowest BCUT2D eigenvalue weighted by Crippen LogP contribution is -2.36. The zero-order valence-electron chi connectivity index (χ0n) is 11.2. The Morgan fingerprint density at radius 1 is 1.50 bits per heavy atom. The number of aromatic nitrogens is 1. The van der Waals surface area contributed by atoms with Crippen LogP contribution in [0, 0.1) is 11.7 Å². The number of hydrogen-bond acceptors (Lipinski definition) is 3. The molecule has 0 spiro atoms. The average Bonchev–Trinajstić information content (AvgIpc) is 2.38. The number of anilines is 1. The molecule has 1 aromatic rings. The van der Waals surface area contributed by atoms with E-state index < -0.39 is 0 Å². The van der Waals surface area contributed by atoms with Crippen molar-refractivity contribution in [3.05, 3.63) is 23.6 Å². The van der Waals surface area contributed by atoms with Crippen molar-refractivity contribution in [2.75, 3.05) is 11.9 Å². The van der Waals surface area contributed by atoms with E-state index in [1.807, 2.05) is 11.9 Å². The highest BCUT2D eigenvalue weighted by molar-refractivity contribution is 5.43. The summed E-state index contributed by atoms with van der Waals surface area (Å²) in [5, 5.41) is 0. The Morgan fingerprint density at radius 2 is 2.28 bits per heavy atom. The van der Waals surface area contributed by atoms with Crippen molar-refractivity contribution in [3.63, 3.8) is 0 Å². The summed E-state index contributed by atoms with van der Waals surface area (Å²) in [5.74, 6) is 0.893. The van der Waals surface area contributed by atoms with Crippen molar-refractivity contribution in [1.29, 1.82) is 0 Å². The van der Waals surface area contributed by atoms with Crippen LogP contribution in [0.5, 0.6) is 0 Å². The third-order valence-corrected chi connectivity index (χ3v) is 3.96. The highest BCUT2D eigenvalue weighted by atomic mass is 19.1. The van der Waals surface area contributed by atoms with Crippen molar-refractivity contribution in [2.24, 2.45) is 11.7 Å². The molecule has 1 aliphatic rings. The molecule has 1 aromatic heterocycles. The second kappa shape index (κ2) is 5.65. The third-order valence-electron chi connectivity index (χ3n) is 3.96. The van der Waals surface area contributed by atoms with Crippen LogP contribution in [0.1, 0.15) is 38.2 Å². The molecule has 0 aliphatic heterocycles. The molecule has 0 bridgehead atoms. The van der Waals surface area contributed by atoms with Gasteiger partial charge in [0.05, 0.1) is 0 Å². The van der Waals surface area contributed by atoms with Crippen LogP contribution in [0.3, 0.4) is 0 Å². The molecule has 0 radical (unpaired) electrons. The minimum absolute atomic E-state index is 0.219. The van der Waals surface area contributed by atoms with Gasteiger partial charge in [-0.3, -0.25) is 0 Å². The molecule has 0 amide bonds. The number of halogens is 1. The minimum Gasteiger partial charge on any atom is -0.354 e. The summed E-state index contributed by atoms with van der Waals surface area (Å²) in [7, 11) is 1.94. The molecular weight excluding hydrogens is 229 g/mol. The Hall–Kier alpha value is -1.16. The van der Waals surface area contributed by atoms with Gasteiger partial charge in [-0.15, -0.1) is 0 Å². The molecule has 3 nitrogen and oxygen atoms in total. The van der Waals surface area contributed by atoms with Crippen LogP contribution in [0.15, 0.2) is 12.3 Å². The maximum atomic E-state index is 14.2. The summed E-state index contributed by atoms with van der Waals surface area (Å²) < 4.78 is 14.2. The molecule has 100 valence electrons. The fourth-order valence-electron chi connectivity index (χ4n) is 2.80. The van der Waals surface area contributed by atoms with Gasteiger partial charge in [-0.1, -0.05) is 19.8 Å². The first kappa shape index (κ1) is 13.3. The number of nitrogens with zero attached hydrogens (tertiary/aromatic N) is 2. The molecular formula is C14H22FN3.